The van der Waals surface area contributed by atoms with Crippen LogP contribution in [0, 0.1) is 11.3 Å². The molecule has 1 saturated heterocycles. The number of nitrogens with one attached hydrogen (secondary N) is 2. The maximum atomic E-state index is 12.8. The van der Waals surface area contributed by atoms with E-state index < -0.39 is 11.8 Å². The molecule has 1 aliphatic rings. The highest BCUT2D eigenvalue weighted by molar-refractivity contribution is 6.49. The van der Waals surface area contributed by atoms with E-state index in [0.717, 1.165) is 18.2 Å². The summed E-state index contributed by atoms with van der Waals surface area (Å²) >= 11 is 0. The van der Waals surface area contributed by atoms with Crippen LogP contribution in [-0.2, 0) is 9.59 Å². The Hall–Kier alpha value is -3.95. The Morgan fingerprint density at radius 2 is 2.03 bits per heavy atom. The van der Waals surface area contributed by atoms with E-state index in [9.17, 15) is 9.59 Å². The third kappa shape index (κ3) is 3.66. The summed E-state index contributed by atoms with van der Waals surface area (Å²) in [5.74, 6) is -1.26. The lowest BCUT2D eigenvalue weighted by atomic mass is 10.00. The molecule has 0 aromatic carbocycles. The number of aliphatic imine (C=N–C) groups is 1. The van der Waals surface area contributed by atoms with Gasteiger partial charge in [0, 0.05) is 62.3 Å². The van der Waals surface area contributed by atoms with E-state index in [1.807, 2.05) is 12.1 Å². The van der Waals surface area contributed by atoms with E-state index >= 15 is 0 Å². The number of fused-ring (bicyclic) bond motifs is 1. The molecule has 0 bridgehead atoms. The Balaban J connectivity index is 1.54. The summed E-state index contributed by atoms with van der Waals surface area (Å²) in [4.78, 5) is 39.4. The molecule has 4 rings (SSSR count). The van der Waals surface area contributed by atoms with Gasteiger partial charge in [0.2, 0.25) is 5.91 Å². The Bertz CT molecular complexity index is 1130. The molecule has 1 unspecified atom stereocenters. The first-order valence-electron chi connectivity index (χ1n) is 9.45. The van der Waals surface area contributed by atoms with Crippen molar-refractivity contribution in [1.29, 1.82) is 5.41 Å². The van der Waals surface area contributed by atoms with Gasteiger partial charge in [-0.25, -0.2) is 9.50 Å². The van der Waals surface area contributed by atoms with Crippen molar-refractivity contribution in [3.8, 4) is 11.4 Å². The van der Waals surface area contributed by atoms with Gasteiger partial charge in [-0.1, -0.05) is 0 Å². The fraction of sp³-hybridized carbons (Fsp3) is 0.250. The number of hydrogen-bond acceptors (Lipinski definition) is 7. The minimum atomic E-state index is -0.995. The molecule has 30 heavy (non-hydrogen) atoms. The molecule has 1 fully saturated rings. The molecule has 10 nitrogen and oxygen atoms in total. The standard InChI is InChI=1S/C20H20N8O2/c1-22-17(15(12-21)20(30)27-8-2-9-27)19(29)24-14-5-10-28-16(11-14)25-18(26-28)13-3-6-23-7-4-13/h3-7,10-12,15,21H,2,8-9H2,1H3,(H,24,29). The number of nitrogens with zero attached hydrogens (tertiary/aromatic N) is 6. The number of pyridine rings is 2. The van der Waals surface area contributed by atoms with Crippen LogP contribution in [0.1, 0.15) is 6.42 Å². The molecule has 10 heteroatoms. The summed E-state index contributed by atoms with van der Waals surface area (Å²) in [6, 6.07) is 6.99. The molecule has 0 radical (unpaired) electrons. The fourth-order valence-electron chi connectivity index (χ4n) is 3.16. The van der Waals surface area contributed by atoms with Crippen LogP contribution in [0.2, 0.25) is 0 Å². The molecule has 0 saturated carbocycles. The Labute approximate surface area is 172 Å². The zero-order valence-corrected chi connectivity index (χ0v) is 16.3. The molecule has 4 heterocycles. The first-order valence-corrected chi connectivity index (χ1v) is 9.45. The summed E-state index contributed by atoms with van der Waals surface area (Å²) in [6.45, 7) is 1.29. The maximum Gasteiger partial charge on any atom is 0.270 e. The van der Waals surface area contributed by atoms with Gasteiger partial charge in [0.15, 0.2) is 11.5 Å². The third-order valence-corrected chi connectivity index (χ3v) is 4.90. The van der Waals surface area contributed by atoms with Crippen molar-refractivity contribution >= 4 is 35.1 Å². The van der Waals surface area contributed by atoms with E-state index in [-0.39, 0.29) is 11.6 Å². The minimum Gasteiger partial charge on any atom is -0.342 e. The normalized spacial score (nSPS) is 14.8. The lowest BCUT2D eigenvalue weighted by Crippen LogP contribution is -2.49. The van der Waals surface area contributed by atoms with Crippen LogP contribution in [0.3, 0.4) is 0 Å². The maximum absolute atomic E-state index is 12.8. The van der Waals surface area contributed by atoms with Gasteiger partial charge >= 0.3 is 0 Å². The number of carbonyl (C=O) groups is 2. The molecule has 1 aliphatic heterocycles. The molecule has 2 N–H and O–H groups in total. The second kappa shape index (κ2) is 8.19. The Morgan fingerprint density at radius 3 is 2.67 bits per heavy atom. The summed E-state index contributed by atoms with van der Waals surface area (Å²) in [6.07, 6.45) is 6.91. The van der Waals surface area contributed by atoms with Gasteiger partial charge in [-0.05, 0) is 24.6 Å². The predicted octanol–water partition coefficient (Wildman–Crippen LogP) is 1.30. The number of carbonyl (C=O) groups excluding carboxylic acids is 2. The Kier molecular flexibility index (Phi) is 5.29. The first-order chi connectivity index (χ1) is 14.6. The highest BCUT2D eigenvalue weighted by atomic mass is 16.2. The minimum absolute atomic E-state index is 0.000662. The Morgan fingerprint density at radius 1 is 1.27 bits per heavy atom. The van der Waals surface area contributed by atoms with Gasteiger partial charge in [0.1, 0.15) is 11.6 Å². The van der Waals surface area contributed by atoms with E-state index in [4.69, 9.17) is 5.41 Å². The number of anilines is 1. The molecule has 0 aliphatic carbocycles. The quantitative estimate of drug-likeness (QED) is 0.598. The van der Waals surface area contributed by atoms with Crippen LogP contribution in [0.25, 0.3) is 17.0 Å². The van der Waals surface area contributed by atoms with Crippen LogP contribution in [0.4, 0.5) is 5.69 Å². The largest absolute Gasteiger partial charge is 0.342 e. The fourth-order valence-corrected chi connectivity index (χ4v) is 3.16. The SMILES string of the molecule is CN=C(C(=O)Nc1ccn2nc(-c3ccncc3)nc2c1)C(C=N)C(=O)N1CCC1. The summed E-state index contributed by atoms with van der Waals surface area (Å²) in [5, 5.41) is 14.8. The molecule has 3 aromatic heterocycles. The number of likely N-dealkylation sites (tertiary alicyclic amines) is 1. The average Bonchev–Trinajstić information content (AvgIpc) is 3.14. The van der Waals surface area contributed by atoms with Crippen molar-refractivity contribution in [2.75, 3.05) is 25.5 Å². The molecule has 1 atom stereocenters. The monoisotopic (exact) mass is 404 g/mol. The first kappa shape index (κ1) is 19.4. The predicted molar refractivity (Wildman–Crippen MR) is 112 cm³/mol. The molecular formula is C20H20N8O2. The molecule has 0 spiro atoms. The van der Waals surface area contributed by atoms with Crippen LogP contribution < -0.4 is 5.32 Å². The summed E-state index contributed by atoms with van der Waals surface area (Å²) < 4.78 is 1.61. The second-order valence-corrected chi connectivity index (χ2v) is 6.78. The van der Waals surface area contributed by atoms with Crippen LogP contribution in [-0.4, -0.2) is 68.4 Å². The zero-order valence-electron chi connectivity index (χ0n) is 16.3. The molecule has 152 valence electrons. The molecule has 2 amide bonds. The number of rotatable bonds is 6. The average molecular weight is 404 g/mol. The number of amides is 2. The van der Waals surface area contributed by atoms with Gasteiger partial charge < -0.3 is 15.6 Å². The lowest BCUT2D eigenvalue weighted by molar-refractivity contribution is -0.135. The van der Waals surface area contributed by atoms with Crippen molar-refractivity contribution in [3.05, 3.63) is 42.9 Å². The van der Waals surface area contributed by atoms with E-state index in [2.05, 4.69) is 25.4 Å². The number of aromatic nitrogens is 4. The van der Waals surface area contributed by atoms with Crippen LogP contribution in [0.15, 0.2) is 47.8 Å². The van der Waals surface area contributed by atoms with E-state index in [1.165, 1.54) is 7.05 Å². The van der Waals surface area contributed by atoms with Gasteiger partial charge in [-0.3, -0.25) is 19.6 Å². The smallest absolute Gasteiger partial charge is 0.270 e. The van der Waals surface area contributed by atoms with Crippen molar-refractivity contribution in [2.24, 2.45) is 10.9 Å². The van der Waals surface area contributed by atoms with Crippen LogP contribution >= 0.6 is 0 Å². The van der Waals surface area contributed by atoms with Gasteiger partial charge in [0.25, 0.3) is 5.91 Å². The van der Waals surface area contributed by atoms with E-state index in [0.29, 0.717) is 30.2 Å². The van der Waals surface area contributed by atoms with E-state index in [1.54, 1.807) is 40.1 Å². The van der Waals surface area contributed by atoms with Crippen molar-refractivity contribution in [1.82, 2.24) is 24.5 Å². The van der Waals surface area contributed by atoms with Crippen molar-refractivity contribution < 1.29 is 9.59 Å². The zero-order chi connectivity index (χ0) is 21.1. The highest BCUT2D eigenvalue weighted by Gasteiger charge is 2.33. The topological polar surface area (TPSA) is 129 Å². The van der Waals surface area contributed by atoms with Crippen molar-refractivity contribution in [3.63, 3.8) is 0 Å². The summed E-state index contributed by atoms with van der Waals surface area (Å²) in [5.41, 5.74) is 1.87. The van der Waals surface area contributed by atoms with Gasteiger partial charge in [-0.15, -0.1) is 5.10 Å². The number of hydrogen-bond donors (Lipinski definition) is 2. The highest BCUT2D eigenvalue weighted by Crippen LogP contribution is 2.18. The second-order valence-electron chi connectivity index (χ2n) is 6.78. The summed E-state index contributed by atoms with van der Waals surface area (Å²) in [7, 11) is 1.44. The molecule has 3 aromatic rings. The van der Waals surface area contributed by atoms with Crippen LogP contribution in [0.5, 0.6) is 0 Å². The van der Waals surface area contributed by atoms with Gasteiger partial charge in [0.05, 0.1) is 0 Å². The molecular weight excluding hydrogens is 384 g/mol. The van der Waals surface area contributed by atoms with Gasteiger partial charge in [-0.2, -0.15) is 0 Å². The van der Waals surface area contributed by atoms with Crippen molar-refractivity contribution in [2.45, 2.75) is 6.42 Å². The lowest BCUT2D eigenvalue weighted by Gasteiger charge is -2.33. The third-order valence-electron chi connectivity index (χ3n) is 4.90.